The largest absolute Gasteiger partial charge is 0.0939 e. The summed E-state index contributed by atoms with van der Waals surface area (Å²) in [4.78, 5) is 2.81. The Kier molecular flexibility index (Phi) is 2.77. The van der Waals surface area contributed by atoms with Crippen molar-refractivity contribution >= 4 is 17.3 Å². The van der Waals surface area contributed by atoms with Crippen LogP contribution in [0.25, 0.3) is 5.57 Å². The number of thioether (sulfide) groups is 1. The summed E-state index contributed by atoms with van der Waals surface area (Å²) in [5, 5.41) is 0. The molecule has 0 saturated carbocycles. The predicted octanol–water partition coefficient (Wildman–Crippen LogP) is 4.77. The lowest BCUT2D eigenvalue weighted by atomic mass is 10.1. The molecule has 0 aliphatic heterocycles. The average Bonchev–Trinajstić information content (AvgIpc) is 2.68. The molecule has 0 radical (unpaired) electrons. The van der Waals surface area contributed by atoms with Crippen molar-refractivity contribution in [2.75, 3.05) is 0 Å². The first-order valence-electron chi connectivity index (χ1n) is 5.85. The Labute approximate surface area is 106 Å². The summed E-state index contributed by atoms with van der Waals surface area (Å²) in [5.74, 6) is 0. The van der Waals surface area contributed by atoms with Gasteiger partial charge in [0.15, 0.2) is 0 Å². The quantitative estimate of drug-likeness (QED) is 0.726. The van der Waals surface area contributed by atoms with Gasteiger partial charge in [-0.2, -0.15) is 0 Å². The number of fused-ring (bicyclic) bond motifs is 1. The summed E-state index contributed by atoms with van der Waals surface area (Å²) in [6, 6.07) is 19.3. The molecule has 2 aromatic carbocycles. The zero-order valence-corrected chi connectivity index (χ0v) is 10.6. The van der Waals surface area contributed by atoms with Crippen LogP contribution in [0.15, 0.2) is 64.4 Å². The number of hydrogen-bond acceptors (Lipinski definition) is 1. The molecule has 0 nitrogen and oxygen atoms in total. The lowest BCUT2D eigenvalue weighted by molar-refractivity contribution is 1.29. The van der Waals surface area contributed by atoms with E-state index in [0.717, 1.165) is 6.42 Å². The van der Waals surface area contributed by atoms with Crippen molar-refractivity contribution in [2.45, 2.75) is 18.2 Å². The van der Waals surface area contributed by atoms with E-state index in [1.807, 2.05) is 11.8 Å². The van der Waals surface area contributed by atoms with E-state index in [0.29, 0.717) is 0 Å². The molecule has 0 amide bonds. The van der Waals surface area contributed by atoms with E-state index in [2.05, 4.69) is 61.5 Å². The Balaban J connectivity index is 1.90. The molecule has 1 heteroatoms. The van der Waals surface area contributed by atoms with Crippen molar-refractivity contribution in [3.8, 4) is 0 Å². The zero-order valence-electron chi connectivity index (χ0n) is 9.81. The highest BCUT2D eigenvalue weighted by Crippen LogP contribution is 2.41. The monoisotopic (exact) mass is 238 g/mol. The van der Waals surface area contributed by atoms with E-state index < -0.39 is 0 Å². The van der Waals surface area contributed by atoms with Gasteiger partial charge in [-0.15, -0.1) is 0 Å². The van der Waals surface area contributed by atoms with Crippen molar-refractivity contribution in [3.63, 3.8) is 0 Å². The molecule has 84 valence electrons. The minimum Gasteiger partial charge on any atom is -0.0939 e. The highest BCUT2D eigenvalue weighted by Gasteiger charge is 2.18. The first-order chi connectivity index (χ1) is 8.34. The summed E-state index contributed by atoms with van der Waals surface area (Å²) in [7, 11) is 0. The first kappa shape index (κ1) is 10.7. The van der Waals surface area contributed by atoms with Crippen LogP contribution in [0.2, 0.25) is 0 Å². The Morgan fingerprint density at radius 2 is 1.59 bits per heavy atom. The van der Waals surface area contributed by atoms with E-state index in [1.54, 1.807) is 0 Å². The van der Waals surface area contributed by atoms with Crippen molar-refractivity contribution in [1.29, 1.82) is 0 Å². The molecular formula is C16H14S. The Morgan fingerprint density at radius 3 is 2.35 bits per heavy atom. The molecule has 0 spiro atoms. The second-order valence-electron chi connectivity index (χ2n) is 4.30. The van der Waals surface area contributed by atoms with Crippen LogP contribution >= 0.6 is 11.8 Å². The standard InChI is InChI=1S/C16H14S/c1-12-15-10-6-5-7-13(15)11-16(12)17-14-8-3-2-4-9-14/h2-10H,11H2,1H3. The summed E-state index contributed by atoms with van der Waals surface area (Å²) < 4.78 is 0. The number of allylic oxidation sites excluding steroid dienone is 2. The molecule has 0 N–H and O–H groups in total. The van der Waals surface area contributed by atoms with Crippen molar-refractivity contribution in [3.05, 3.63) is 70.6 Å². The molecule has 1 aliphatic rings. The van der Waals surface area contributed by atoms with Crippen LogP contribution in [0.5, 0.6) is 0 Å². The van der Waals surface area contributed by atoms with E-state index in [4.69, 9.17) is 0 Å². The number of rotatable bonds is 2. The highest BCUT2D eigenvalue weighted by atomic mass is 32.2. The second kappa shape index (κ2) is 4.42. The Hall–Kier alpha value is -1.47. The third kappa shape index (κ3) is 2.03. The first-order valence-corrected chi connectivity index (χ1v) is 6.67. The third-order valence-electron chi connectivity index (χ3n) is 3.17. The second-order valence-corrected chi connectivity index (χ2v) is 5.47. The van der Waals surface area contributed by atoms with Crippen LogP contribution in [0.1, 0.15) is 18.1 Å². The molecule has 1 aliphatic carbocycles. The van der Waals surface area contributed by atoms with E-state index >= 15 is 0 Å². The third-order valence-corrected chi connectivity index (χ3v) is 4.38. The fraction of sp³-hybridized carbons (Fsp3) is 0.125. The minimum atomic E-state index is 1.08. The van der Waals surface area contributed by atoms with Gasteiger partial charge in [-0.25, -0.2) is 0 Å². The highest BCUT2D eigenvalue weighted by molar-refractivity contribution is 8.03. The maximum atomic E-state index is 2.23. The summed E-state index contributed by atoms with van der Waals surface area (Å²) in [6.07, 6.45) is 1.08. The molecule has 0 fully saturated rings. The van der Waals surface area contributed by atoms with Crippen LogP contribution < -0.4 is 0 Å². The normalized spacial score (nSPS) is 13.9. The maximum absolute atomic E-state index is 2.23. The molecule has 0 atom stereocenters. The molecule has 17 heavy (non-hydrogen) atoms. The number of hydrogen-bond donors (Lipinski definition) is 0. The van der Waals surface area contributed by atoms with Gasteiger partial charge in [-0.3, -0.25) is 0 Å². The van der Waals surface area contributed by atoms with Crippen LogP contribution in [-0.4, -0.2) is 0 Å². The molecule has 2 aromatic rings. The molecular weight excluding hydrogens is 224 g/mol. The van der Waals surface area contributed by atoms with Crippen LogP contribution in [0.4, 0.5) is 0 Å². The van der Waals surface area contributed by atoms with Gasteiger partial charge in [0, 0.05) is 11.3 Å². The topological polar surface area (TPSA) is 0 Å². The van der Waals surface area contributed by atoms with Gasteiger partial charge < -0.3 is 0 Å². The van der Waals surface area contributed by atoms with Gasteiger partial charge in [-0.05, 0) is 40.7 Å². The summed E-state index contributed by atoms with van der Waals surface area (Å²) in [6.45, 7) is 2.23. The van der Waals surface area contributed by atoms with Crippen molar-refractivity contribution in [2.24, 2.45) is 0 Å². The van der Waals surface area contributed by atoms with Gasteiger partial charge in [0.05, 0.1) is 0 Å². The Morgan fingerprint density at radius 1 is 0.882 bits per heavy atom. The van der Waals surface area contributed by atoms with Crippen LogP contribution in [-0.2, 0) is 6.42 Å². The summed E-state index contributed by atoms with van der Waals surface area (Å²) in [5.41, 5.74) is 4.32. The smallest absolute Gasteiger partial charge is 0.0119 e. The van der Waals surface area contributed by atoms with E-state index in [1.165, 1.54) is 26.5 Å². The lowest BCUT2D eigenvalue weighted by Gasteiger charge is -2.03. The van der Waals surface area contributed by atoms with Crippen LogP contribution in [0.3, 0.4) is 0 Å². The molecule has 0 bridgehead atoms. The number of benzene rings is 2. The van der Waals surface area contributed by atoms with Gasteiger partial charge in [-0.1, -0.05) is 54.2 Å². The molecule has 3 rings (SSSR count). The maximum Gasteiger partial charge on any atom is 0.0119 e. The van der Waals surface area contributed by atoms with Gasteiger partial charge in [0.2, 0.25) is 0 Å². The van der Waals surface area contributed by atoms with Crippen molar-refractivity contribution in [1.82, 2.24) is 0 Å². The zero-order chi connectivity index (χ0) is 11.7. The minimum absolute atomic E-state index is 1.08. The molecule has 0 unspecified atom stereocenters. The van der Waals surface area contributed by atoms with Crippen molar-refractivity contribution < 1.29 is 0 Å². The van der Waals surface area contributed by atoms with E-state index in [-0.39, 0.29) is 0 Å². The molecule has 0 heterocycles. The average molecular weight is 238 g/mol. The molecule has 0 saturated heterocycles. The van der Waals surface area contributed by atoms with Gasteiger partial charge >= 0.3 is 0 Å². The SMILES string of the molecule is CC1=C(Sc2ccccc2)Cc2ccccc21. The summed E-state index contributed by atoms with van der Waals surface area (Å²) >= 11 is 1.90. The van der Waals surface area contributed by atoms with E-state index in [9.17, 15) is 0 Å². The molecule has 0 aromatic heterocycles. The lowest BCUT2D eigenvalue weighted by Crippen LogP contribution is -1.81. The predicted molar refractivity (Wildman–Crippen MR) is 75.0 cm³/mol. The fourth-order valence-corrected chi connectivity index (χ4v) is 3.31. The van der Waals surface area contributed by atoms with Gasteiger partial charge in [0.25, 0.3) is 0 Å². The van der Waals surface area contributed by atoms with Gasteiger partial charge in [0.1, 0.15) is 0 Å². The fourth-order valence-electron chi connectivity index (χ4n) is 2.24. The Bertz CT molecular complexity index is 567. The van der Waals surface area contributed by atoms with Crippen LogP contribution in [0, 0.1) is 0 Å².